The fourth-order valence-electron chi connectivity index (χ4n) is 0.759. The topological polar surface area (TPSA) is 12.4 Å². The molecule has 0 N–H and O–H groups in total. The molecule has 9 heavy (non-hydrogen) atoms. The van der Waals surface area contributed by atoms with Gasteiger partial charge in [-0.05, 0) is 5.92 Å². The minimum Gasteiger partial charge on any atom is -0.265 e. The number of nitrogens with zero attached hydrogens (tertiary/aromatic N) is 1. The van der Waals surface area contributed by atoms with Crippen molar-refractivity contribution >= 4 is 5.71 Å². The first-order chi connectivity index (χ1) is 3.80. The lowest BCUT2D eigenvalue weighted by atomic mass is 10.1. The molecule has 0 bridgehead atoms. The van der Waals surface area contributed by atoms with Gasteiger partial charge in [0.1, 0.15) is 0 Å². The molecule has 0 amide bonds. The van der Waals surface area contributed by atoms with Gasteiger partial charge in [0.15, 0.2) is 0 Å². The Morgan fingerprint density at radius 2 is 2.22 bits per heavy atom. The summed E-state index contributed by atoms with van der Waals surface area (Å²) in [5.41, 5.74) is 1.31. The Bertz CT molecular complexity index is 132. The van der Waals surface area contributed by atoms with Crippen LogP contribution in [0.15, 0.2) is 17.3 Å². The molecule has 0 fully saturated rings. The van der Waals surface area contributed by atoms with Crippen LogP contribution < -0.4 is 0 Å². The molecular formula is C8H15N. The lowest BCUT2D eigenvalue weighted by Crippen LogP contribution is -2.02. The van der Waals surface area contributed by atoms with Gasteiger partial charge in [0, 0.05) is 18.3 Å². The average Bonchev–Trinajstić information content (AvgIpc) is 2.12. The van der Waals surface area contributed by atoms with E-state index in [0.717, 1.165) is 6.42 Å². The average molecular weight is 125 g/mol. The predicted octanol–water partition coefficient (Wildman–Crippen LogP) is 2.64. The largest absolute Gasteiger partial charge is 0.265 e. The van der Waals surface area contributed by atoms with Crippen LogP contribution >= 0.6 is 0 Å². The van der Waals surface area contributed by atoms with Gasteiger partial charge in [-0.2, -0.15) is 0 Å². The van der Waals surface area contributed by atoms with Crippen molar-refractivity contribution in [1.29, 1.82) is 0 Å². The summed E-state index contributed by atoms with van der Waals surface area (Å²) in [4.78, 5) is 4.17. The van der Waals surface area contributed by atoms with Crippen LogP contribution in [0.3, 0.4) is 0 Å². The first-order valence-corrected chi connectivity index (χ1v) is 3.02. The third-order valence-electron chi connectivity index (χ3n) is 1.34. The number of allylic oxidation sites excluding steroid dienone is 1. The zero-order chi connectivity index (χ0) is 5.98. The highest BCUT2D eigenvalue weighted by molar-refractivity contribution is 5.89. The second-order valence-electron chi connectivity index (χ2n) is 2.36. The Balaban J connectivity index is 0.000000640. The summed E-state index contributed by atoms with van der Waals surface area (Å²) in [6, 6.07) is 0. The van der Waals surface area contributed by atoms with Crippen molar-refractivity contribution in [2.75, 3.05) is 0 Å². The molecule has 52 valence electrons. The minimum absolute atomic E-state index is 0. The second-order valence-corrected chi connectivity index (χ2v) is 2.36. The van der Waals surface area contributed by atoms with Crippen LogP contribution in [-0.2, 0) is 0 Å². The fraction of sp³-hybridized carbons (Fsp3) is 0.625. The molecule has 0 aromatic carbocycles. The molecule has 0 saturated carbocycles. The number of aliphatic imine (C=N–C) groups is 1. The third-order valence-corrected chi connectivity index (χ3v) is 1.34. The molecule has 0 spiro atoms. The summed E-state index contributed by atoms with van der Waals surface area (Å²) in [5, 5.41) is 0. The summed E-state index contributed by atoms with van der Waals surface area (Å²) < 4.78 is 0. The number of hydrogen-bond acceptors (Lipinski definition) is 1. The van der Waals surface area contributed by atoms with Crippen molar-refractivity contribution in [3.63, 3.8) is 0 Å². The molecule has 0 radical (unpaired) electrons. The number of rotatable bonds is 1. The Morgan fingerprint density at radius 1 is 1.56 bits per heavy atom. The molecule has 0 aliphatic carbocycles. The normalized spacial score (nSPS) is 15.7. The van der Waals surface area contributed by atoms with Gasteiger partial charge < -0.3 is 0 Å². The van der Waals surface area contributed by atoms with Gasteiger partial charge in [-0.15, -0.1) is 0 Å². The van der Waals surface area contributed by atoms with Crippen LogP contribution in [0, 0.1) is 5.92 Å². The van der Waals surface area contributed by atoms with Crippen molar-refractivity contribution in [3.05, 3.63) is 12.3 Å². The summed E-state index contributed by atoms with van der Waals surface area (Å²) in [6.45, 7) is 4.34. The van der Waals surface area contributed by atoms with Crippen molar-refractivity contribution in [2.45, 2.75) is 27.7 Å². The molecule has 0 saturated heterocycles. The predicted molar refractivity (Wildman–Crippen MR) is 42.8 cm³/mol. The van der Waals surface area contributed by atoms with E-state index in [4.69, 9.17) is 0 Å². The molecule has 0 atom stereocenters. The van der Waals surface area contributed by atoms with Crippen molar-refractivity contribution in [2.24, 2.45) is 10.9 Å². The molecule has 1 nitrogen and oxygen atoms in total. The van der Waals surface area contributed by atoms with Gasteiger partial charge in [0.2, 0.25) is 0 Å². The maximum atomic E-state index is 4.17. The molecule has 1 aliphatic heterocycles. The molecular weight excluding hydrogens is 110 g/mol. The molecule has 0 aromatic heterocycles. The summed E-state index contributed by atoms with van der Waals surface area (Å²) in [6.07, 6.45) is 5.04. The van der Waals surface area contributed by atoms with E-state index in [2.05, 4.69) is 24.9 Å². The van der Waals surface area contributed by atoms with Crippen LogP contribution in [0.25, 0.3) is 0 Å². The third kappa shape index (κ3) is 2.00. The lowest BCUT2D eigenvalue weighted by molar-refractivity contribution is 0.872. The second kappa shape index (κ2) is 3.44. The Morgan fingerprint density at radius 3 is 2.44 bits per heavy atom. The van der Waals surface area contributed by atoms with Gasteiger partial charge in [0.25, 0.3) is 0 Å². The quantitative estimate of drug-likeness (QED) is 0.511. The lowest BCUT2D eigenvalue weighted by Gasteiger charge is -2.00. The standard InChI is InChI=1S/C7H11N.CH4/c1-6(2)7-4-3-5-8-7;/h3,5-6H,4H2,1-2H3;1H4. The maximum absolute atomic E-state index is 4.17. The zero-order valence-electron chi connectivity index (χ0n) is 5.39. The molecule has 1 heterocycles. The smallest absolute Gasteiger partial charge is 0.0242 e. The van der Waals surface area contributed by atoms with E-state index in [-0.39, 0.29) is 7.43 Å². The summed E-state index contributed by atoms with van der Waals surface area (Å²) in [5.74, 6) is 0.630. The van der Waals surface area contributed by atoms with Gasteiger partial charge in [-0.25, -0.2) is 0 Å². The summed E-state index contributed by atoms with van der Waals surface area (Å²) in [7, 11) is 0. The zero-order valence-corrected chi connectivity index (χ0v) is 5.39. The highest BCUT2D eigenvalue weighted by Gasteiger charge is 2.04. The molecule has 1 rings (SSSR count). The minimum atomic E-state index is 0. The van der Waals surface area contributed by atoms with Crippen LogP contribution in [0.2, 0.25) is 0 Å². The van der Waals surface area contributed by atoms with E-state index in [0.29, 0.717) is 5.92 Å². The van der Waals surface area contributed by atoms with Gasteiger partial charge in [0.05, 0.1) is 0 Å². The highest BCUT2D eigenvalue weighted by Crippen LogP contribution is 2.07. The van der Waals surface area contributed by atoms with E-state index in [1.807, 2.05) is 6.20 Å². The number of hydrogen-bond donors (Lipinski definition) is 0. The molecule has 0 aromatic rings. The fourth-order valence-corrected chi connectivity index (χ4v) is 0.759. The van der Waals surface area contributed by atoms with Crippen LogP contribution in [0.5, 0.6) is 0 Å². The highest BCUT2D eigenvalue weighted by atomic mass is 14.7. The van der Waals surface area contributed by atoms with E-state index in [1.165, 1.54) is 5.71 Å². The summed E-state index contributed by atoms with van der Waals surface area (Å²) >= 11 is 0. The van der Waals surface area contributed by atoms with Crippen LogP contribution in [0.4, 0.5) is 0 Å². The van der Waals surface area contributed by atoms with Crippen molar-refractivity contribution in [1.82, 2.24) is 0 Å². The van der Waals surface area contributed by atoms with E-state index in [1.54, 1.807) is 0 Å². The van der Waals surface area contributed by atoms with Crippen LogP contribution in [0.1, 0.15) is 27.7 Å². The van der Waals surface area contributed by atoms with E-state index >= 15 is 0 Å². The monoisotopic (exact) mass is 125 g/mol. The molecule has 1 aliphatic rings. The van der Waals surface area contributed by atoms with E-state index in [9.17, 15) is 0 Å². The molecule has 0 unspecified atom stereocenters. The van der Waals surface area contributed by atoms with Crippen molar-refractivity contribution in [3.8, 4) is 0 Å². The first-order valence-electron chi connectivity index (χ1n) is 3.02. The maximum Gasteiger partial charge on any atom is 0.0242 e. The Hall–Kier alpha value is -0.590. The Kier molecular flexibility index (Phi) is 3.21. The van der Waals surface area contributed by atoms with Gasteiger partial charge in [-0.1, -0.05) is 27.4 Å². The van der Waals surface area contributed by atoms with Crippen LogP contribution in [-0.4, -0.2) is 5.71 Å². The van der Waals surface area contributed by atoms with Gasteiger partial charge in [-0.3, -0.25) is 4.99 Å². The first kappa shape index (κ1) is 8.41. The Labute approximate surface area is 57.5 Å². The molecule has 1 heteroatoms. The van der Waals surface area contributed by atoms with E-state index < -0.39 is 0 Å². The van der Waals surface area contributed by atoms with Gasteiger partial charge >= 0.3 is 0 Å². The SMILES string of the molecule is C.CC(C)C1=NC=CC1. The van der Waals surface area contributed by atoms with Crippen molar-refractivity contribution < 1.29 is 0 Å².